The van der Waals surface area contributed by atoms with Crippen molar-refractivity contribution in [3.63, 3.8) is 0 Å². The first-order valence-corrected chi connectivity index (χ1v) is 7.83. The minimum atomic E-state index is 0.184. The molecule has 0 saturated heterocycles. The molecule has 0 atom stereocenters. The normalized spacial score (nSPS) is 11.3. The summed E-state index contributed by atoms with van der Waals surface area (Å²) < 4.78 is 6.00. The summed E-state index contributed by atoms with van der Waals surface area (Å²) in [6, 6.07) is 7.59. The number of hydrogen-bond acceptors (Lipinski definition) is 3. The Labute approximate surface area is 130 Å². The average Bonchev–Trinajstić information content (AvgIpc) is 2.41. The van der Waals surface area contributed by atoms with Gasteiger partial charge in [-0.2, -0.15) is 0 Å². The van der Waals surface area contributed by atoms with Crippen molar-refractivity contribution in [3.8, 4) is 0 Å². The van der Waals surface area contributed by atoms with E-state index in [1.165, 1.54) is 0 Å². The maximum atomic E-state index is 12.2. The smallest absolute Gasteiger partial charge is 0.165 e. The molecular weight excluding hydrogens is 318 g/mol. The van der Waals surface area contributed by atoms with E-state index in [0.29, 0.717) is 18.9 Å². The molecule has 1 rings (SSSR count). The molecule has 1 aromatic rings. The first kappa shape index (κ1) is 17.3. The van der Waals surface area contributed by atoms with Gasteiger partial charge in [-0.05, 0) is 12.0 Å². The van der Waals surface area contributed by atoms with Crippen molar-refractivity contribution in [1.82, 2.24) is 4.90 Å². The molecule has 3 nitrogen and oxygen atoms in total. The topological polar surface area (TPSA) is 29.5 Å². The lowest BCUT2D eigenvalue weighted by atomic mass is 10.1. The fraction of sp³-hybridized carbons (Fsp3) is 0.562. The molecule has 0 unspecified atom stereocenters. The fourth-order valence-electron chi connectivity index (χ4n) is 2.11. The molecule has 0 N–H and O–H groups in total. The Hall–Kier alpha value is -0.710. The van der Waals surface area contributed by atoms with Crippen LogP contribution in [0.1, 0.15) is 30.6 Å². The van der Waals surface area contributed by atoms with Crippen LogP contribution in [-0.4, -0.2) is 44.0 Å². The first-order chi connectivity index (χ1) is 9.54. The standard InChI is InChI=1S/C16H24BrNO2/c1-13(2)12-18(10-11-20-3)9-8-16(19)14-6-4-5-7-15(14)17/h4-7,13H,8-12H2,1-3H3. The number of ether oxygens (including phenoxy) is 1. The molecule has 0 spiro atoms. The fourth-order valence-corrected chi connectivity index (χ4v) is 2.62. The molecule has 1 aromatic carbocycles. The van der Waals surface area contributed by atoms with E-state index >= 15 is 0 Å². The predicted molar refractivity (Wildman–Crippen MR) is 86.2 cm³/mol. The molecule has 0 heterocycles. The Morgan fingerprint density at radius 1 is 1.30 bits per heavy atom. The SMILES string of the molecule is COCCN(CCC(=O)c1ccccc1Br)CC(C)C. The molecule has 0 aromatic heterocycles. The van der Waals surface area contributed by atoms with Gasteiger partial charge in [0.15, 0.2) is 5.78 Å². The first-order valence-electron chi connectivity index (χ1n) is 7.03. The largest absolute Gasteiger partial charge is 0.383 e. The molecule has 20 heavy (non-hydrogen) atoms. The van der Waals surface area contributed by atoms with Crippen molar-refractivity contribution in [1.29, 1.82) is 0 Å². The third-order valence-corrected chi connectivity index (χ3v) is 3.76. The number of Topliss-reactive ketones (excluding diaryl/α,β-unsaturated/α-hetero) is 1. The Kier molecular flexibility index (Phi) is 8.04. The van der Waals surface area contributed by atoms with Gasteiger partial charge < -0.3 is 9.64 Å². The highest BCUT2D eigenvalue weighted by Crippen LogP contribution is 2.17. The van der Waals surface area contributed by atoms with E-state index in [-0.39, 0.29) is 5.78 Å². The van der Waals surface area contributed by atoms with Crippen LogP contribution in [0, 0.1) is 5.92 Å². The second-order valence-electron chi connectivity index (χ2n) is 5.34. The van der Waals surface area contributed by atoms with Gasteiger partial charge in [-0.25, -0.2) is 0 Å². The van der Waals surface area contributed by atoms with Crippen molar-refractivity contribution in [2.24, 2.45) is 5.92 Å². The summed E-state index contributed by atoms with van der Waals surface area (Å²) in [6.07, 6.45) is 0.541. The highest BCUT2D eigenvalue weighted by Gasteiger charge is 2.13. The van der Waals surface area contributed by atoms with E-state index in [4.69, 9.17) is 4.74 Å². The Morgan fingerprint density at radius 2 is 2.00 bits per heavy atom. The second kappa shape index (κ2) is 9.27. The third kappa shape index (κ3) is 6.16. The number of hydrogen-bond donors (Lipinski definition) is 0. The van der Waals surface area contributed by atoms with E-state index in [1.54, 1.807) is 7.11 Å². The van der Waals surface area contributed by atoms with Crippen LogP contribution in [0.5, 0.6) is 0 Å². The van der Waals surface area contributed by atoms with Gasteiger partial charge in [-0.1, -0.05) is 48.0 Å². The van der Waals surface area contributed by atoms with Gasteiger partial charge >= 0.3 is 0 Å². The molecule has 0 aliphatic heterocycles. The summed E-state index contributed by atoms with van der Waals surface area (Å²) in [5.41, 5.74) is 0.767. The third-order valence-electron chi connectivity index (χ3n) is 3.06. The summed E-state index contributed by atoms with van der Waals surface area (Å²) in [7, 11) is 1.71. The monoisotopic (exact) mass is 341 g/mol. The molecule has 0 aliphatic rings. The van der Waals surface area contributed by atoms with Crippen LogP contribution in [0.2, 0.25) is 0 Å². The molecule has 0 bridgehead atoms. The molecule has 0 fully saturated rings. The minimum absolute atomic E-state index is 0.184. The number of carbonyl (C=O) groups is 1. The Bertz CT molecular complexity index is 421. The molecule has 4 heteroatoms. The number of ketones is 1. The zero-order valence-corrected chi connectivity index (χ0v) is 14.1. The van der Waals surface area contributed by atoms with Gasteiger partial charge in [0.1, 0.15) is 0 Å². The number of nitrogens with zero attached hydrogens (tertiary/aromatic N) is 1. The maximum Gasteiger partial charge on any atom is 0.165 e. The van der Waals surface area contributed by atoms with Crippen LogP contribution in [0.4, 0.5) is 0 Å². The van der Waals surface area contributed by atoms with Crippen LogP contribution in [-0.2, 0) is 4.74 Å². The van der Waals surface area contributed by atoms with Gasteiger partial charge in [-0.3, -0.25) is 4.79 Å². The van der Waals surface area contributed by atoms with Crippen LogP contribution in [0.3, 0.4) is 0 Å². The van der Waals surface area contributed by atoms with Gasteiger partial charge in [-0.15, -0.1) is 0 Å². The number of rotatable bonds is 9. The van der Waals surface area contributed by atoms with Gasteiger partial charge in [0.2, 0.25) is 0 Å². The lowest BCUT2D eigenvalue weighted by molar-refractivity contribution is 0.0941. The van der Waals surface area contributed by atoms with Crippen molar-refractivity contribution < 1.29 is 9.53 Å². The highest BCUT2D eigenvalue weighted by atomic mass is 79.9. The summed E-state index contributed by atoms with van der Waals surface area (Å²) in [4.78, 5) is 14.5. The highest BCUT2D eigenvalue weighted by molar-refractivity contribution is 9.10. The lowest BCUT2D eigenvalue weighted by Crippen LogP contribution is -2.33. The number of halogens is 1. The van der Waals surface area contributed by atoms with Crippen molar-refractivity contribution in [2.45, 2.75) is 20.3 Å². The maximum absolute atomic E-state index is 12.2. The zero-order valence-electron chi connectivity index (χ0n) is 12.6. The lowest BCUT2D eigenvalue weighted by Gasteiger charge is -2.23. The zero-order chi connectivity index (χ0) is 15.0. The molecule has 112 valence electrons. The Balaban J connectivity index is 2.53. The second-order valence-corrected chi connectivity index (χ2v) is 6.19. The molecule has 0 radical (unpaired) electrons. The summed E-state index contributed by atoms with van der Waals surface area (Å²) in [5.74, 6) is 0.772. The van der Waals surface area contributed by atoms with Gasteiger partial charge in [0, 0.05) is 43.2 Å². The number of benzene rings is 1. The molecular formula is C16H24BrNO2. The van der Waals surface area contributed by atoms with Crippen molar-refractivity contribution in [3.05, 3.63) is 34.3 Å². The van der Waals surface area contributed by atoms with Crippen LogP contribution >= 0.6 is 15.9 Å². The van der Waals surface area contributed by atoms with E-state index in [0.717, 1.165) is 29.7 Å². The van der Waals surface area contributed by atoms with Crippen LogP contribution in [0.25, 0.3) is 0 Å². The summed E-state index contributed by atoms with van der Waals surface area (Å²) in [6.45, 7) is 7.73. The average molecular weight is 342 g/mol. The van der Waals surface area contributed by atoms with Crippen LogP contribution < -0.4 is 0 Å². The summed E-state index contributed by atoms with van der Waals surface area (Å²) in [5, 5.41) is 0. The quantitative estimate of drug-likeness (QED) is 0.642. The summed E-state index contributed by atoms with van der Waals surface area (Å²) >= 11 is 3.43. The van der Waals surface area contributed by atoms with Gasteiger partial charge in [0.05, 0.1) is 6.61 Å². The Morgan fingerprint density at radius 3 is 2.60 bits per heavy atom. The number of carbonyl (C=O) groups excluding carboxylic acids is 1. The van der Waals surface area contributed by atoms with E-state index in [9.17, 15) is 4.79 Å². The van der Waals surface area contributed by atoms with E-state index in [2.05, 4.69) is 34.7 Å². The minimum Gasteiger partial charge on any atom is -0.383 e. The van der Waals surface area contributed by atoms with E-state index in [1.807, 2.05) is 24.3 Å². The van der Waals surface area contributed by atoms with Crippen molar-refractivity contribution in [2.75, 3.05) is 33.4 Å². The molecule has 0 saturated carbocycles. The molecule has 0 amide bonds. The van der Waals surface area contributed by atoms with Crippen LogP contribution in [0.15, 0.2) is 28.7 Å². The molecule has 0 aliphatic carbocycles. The predicted octanol–water partition coefficient (Wildman–Crippen LogP) is 3.63. The number of methoxy groups -OCH3 is 1. The van der Waals surface area contributed by atoms with Crippen molar-refractivity contribution >= 4 is 21.7 Å². The van der Waals surface area contributed by atoms with E-state index < -0.39 is 0 Å². The van der Waals surface area contributed by atoms with Gasteiger partial charge in [0.25, 0.3) is 0 Å².